The van der Waals surface area contributed by atoms with Crippen LogP contribution in [-0.4, -0.2) is 52.7 Å². The smallest absolute Gasteiger partial charge is 0.246 e. The van der Waals surface area contributed by atoms with Crippen LogP contribution in [0.4, 0.5) is 0 Å². The molecule has 0 spiro atoms. The highest BCUT2D eigenvalue weighted by molar-refractivity contribution is 5.08. The Kier molecular flexibility index (Phi) is 3.28. The van der Waals surface area contributed by atoms with Gasteiger partial charge in [0.15, 0.2) is 5.82 Å². The molecule has 0 aromatic carbocycles. The number of nitrogens with zero attached hydrogens (tertiary/aromatic N) is 4. The number of piperazine rings is 3. The highest BCUT2D eigenvalue weighted by atomic mass is 16.5. The van der Waals surface area contributed by atoms with E-state index in [1.165, 1.54) is 13.1 Å². The zero-order chi connectivity index (χ0) is 14.4. The lowest BCUT2D eigenvalue weighted by Crippen LogP contribution is -2.57. The second-order valence-corrected chi connectivity index (χ2v) is 7.15. The van der Waals surface area contributed by atoms with Crippen molar-refractivity contribution in [2.75, 3.05) is 32.7 Å². The number of hydrogen-bond donors (Lipinski definition) is 1. The van der Waals surface area contributed by atoms with Crippen LogP contribution in [-0.2, 0) is 5.54 Å². The normalized spacial score (nSPS) is 43.1. The summed E-state index contributed by atoms with van der Waals surface area (Å²) in [7, 11) is 0. The third-order valence-electron chi connectivity index (χ3n) is 5.61. The first-order valence-electron chi connectivity index (χ1n) is 8.23. The van der Waals surface area contributed by atoms with Crippen LogP contribution in [0.15, 0.2) is 4.52 Å². The summed E-state index contributed by atoms with van der Waals surface area (Å²) >= 11 is 0. The number of aromatic nitrogens is 2. The SMILES string of the molecule is CC1CCC(N)(c2nc(C3CN4CCN3CC4)no2)CC1. The molecule has 1 aliphatic carbocycles. The molecule has 0 radical (unpaired) electrons. The topological polar surface area (TPSA) is 71.4 Å². The molecule has 4 heterocycles. The van der Waals surface area contributed by atoms with Crippen molar-refractivity contribution >= 4 is 0 Å². The van der Waals surface area contributed by atoms with Gasteiger partial charge in [0.2, 0.25) is 5.89 Å². The molecule has 6 nitrogen and oxygen atoms in total. The van der Waals surface area contributed by atoms with Gasteiger partial charge in [-0.15, -0.1) is 0 Å². The summed E-state index contributed by atoms with van der Waals surface area (Å²) in [6, 6.07) is 0.288. The maximum Gasteiger partial charge on any atom is 0.246 e. The lowest BCUT2D eigenvalue weighted by atomic mass is 9.78. The van der Waals surface area contributed by atoms with Crippen molar-refractivity contribution in [1.82, 2.24) is 19.9 Å². The van der Waals surface area contributed by atoms with E-state index < -0.39 is 5.54 Å². The Balaban J connectivity index is 1.53. The van der Waals surface area contributed by atoms with E-state index in [0.717, 1.165) is 57.1 Å². The summed E-state index contributed by atoms with van der Waals surface area (Å²) in [5.74, 6) is 2.25. The first-order chi connectivity index (χ1) is 10.1. The molecule has 3 aliphatic heterocycles. The Hall–Kier alpha value is -0.980. The third-order valence-corrected chi connectivity index (χ3v) is 5.61. The zero-order valence-electron chi connectivity index (χ0n) is 12.8. The average Bonchev–Trinajstić information content (AvgIpc) is 3.02. The monoisotopic (exact) mass is 291 g/mol. The molecule has 3 saturated heterocycles. The van der Waals surface area contributed by atoms with Gasteiger partial charge in [0, 0.05) is 32.7 Å². The Morgan fingerprint density at radius 1 is 1.19 bits per heavy atom. The minimum Gasteiger partial charge on any atom is -0.337 e. The van der Waals surface area contributed by atoms with Crippen LogP contribution in [0.3, 0.4) is 0 Å². The van der Waals surface area contributed by atoms with E-state index in [1.54, 1.807) is 0 Å². The fourth-order valence-corrected chi connectivity index (χ4v) is 3.93. The largest absolute Gasteiger partial charge is 0.337 e. The second kappa shape index (κ2) is 5.04. The Labute approximate surface area is 125 Å². The van der Waals surface area contributed by atoms with Gasteiger partial charge >= 0.3 is 0 Å². The van der Waals surface area contributed by atoms with Gasteiger partial charge in [0.1, 0.15) is 0 Å². The lowest BCUT2D eigenvalue weighted by Gasteiger charge is -2.46. The fourth-order valence-electron chi connectivity index (χ4n) is 3.93. The van der Waals surface area contributed by atoms with Crippen LogP contribution in [0.2, 0.25) is 0 Å². The van der Waals surface area contributed by atoms with Gasteiger partial charge in [0.25, 0.3) is 0 Å². The van der Waals surface area contributed by atoms with Crippen molar-refractivity contribution in [2.45, 2.75) is 44.2 Å². The van der Waals surface area contributed by atoms with E-state index in [9.17, 15) is 0 Å². The molecule has 2 bridgehead atoms. The van der Waals surface area contributed by atoms with E-state index >= 15 is 0 Å². The van der Waals surface area contributed by atoms with Crippen molar-refractivity contribution in [1.29, 1.82) is 0 Å². The van der Waals surface area contributed by atoms with Crippen LogP contribution >= 0.6 is 0 Å². The third kappa shape index (κ3) is 2.39. The maximum absolute atomic E-state index is 6.54. The molecule has 1 saturated carbocycles. The summed E-state index contributed by atoms with van der Waals surface area (Å²) < 4.78 is 5.57. The molecule has 1 unspecified atom stereocenters. The Bertz CT molecular complexity index is 500. The van der Waals surface area contributed by atoms with Crippen molar-refractivity contribution in [3.05, 3.63) is 11.7 Å². The molecule has 0 amide bonds. The molecule has 1 aromatic heterocycles. The number of fused-ring (bicyclic) bond motifs is 3. The van der Waals surface area contributed by atoms with E-state index in [4.69, 9.17) is 15.2 Å². The van der Waals surface area contributed by atoms with E-state index in [1.807, 2.05) is 0 Å². The molecular weight excluding hydrogens is 266 g/mol. The summed E-state index contributed by atoms with van der Waals surface area (Å²) in [5.41, 5.74) is 6.14. The first kappa shape index (κ1) is 13.7. The maximum atomic E-state index is 6.54. The predicted octanol–water partition coefficient (Wildman–Crippen LogP) is 1.11. The van der Waals surface area contributed by atoms with Crippen LogP contribution in [0, 0.1) is 5.92 Å². The Morgan fingerprint density at radius 3 is 2.52 bits per heavy atom. The molecule has 21 heavy (non-hydrogen) atoms. The van der Waals surface area contributed by atoms with Gasteiger partial charge < -0.3 is 10.3 Å². The first-order valence-corrected chi connectivity index (χ1v) is 8.23. The van der Waals surface area contributed by atoms with Gasteiger partial charge in [-0.2, -0.15) is 4.98 Å². The van der Waals surface area contributed by atoms with Crippen LogP contribution in [0.25, 0.3) is 0 Å². The average molecular weight is 291 g/mol. The highest BCUT2D eigenvalue weighted by Crippen LogP contribution is 2.37. The standard InChI is InChI=1S/C15H25N5O/c1-11-2-4-15(16,5-3-11)14-17-13(18-21-14)12-10-19-6-8-20(12)9-7-19/h11-12H,2-10,16H2,1H3. The minimum atomic E-state index is -0.402. The molecular formula is C15H25N5O. The van der Waals surface area contributed by atoms with Crippen molar-refractivity contribution in [3.8, 4) is 0 Å². The van der Waals surface area contributed by atoms with Crippen molar-refractivity contribution in [3.63, 3.8) is 0 Å². The molecule has 6 heteroatoms. The molecule has 116 valence electrons. The summed E-state index contributed by atoms with van der Waals surface area (Å²) in [4.78, 5) is 9.66. The van der Waals surface area contributed by atoms with E-state index in [0.29, 0.717) is 5.89 Å². The molecule has 5 rings (SSSR count). The van der Waals surface area contributed by atoms with Crippen LogP contribution in [0.1, 0.15) is 50.4 Å². The van der Waals surface area contributed by atoms with Gasteiger partial charge in [0.05, 0.1) is 11.6 Å². The summed E-state index contributed by atoms with van der Waals surface area (Å²) in [6.07, 6.45) is 4.21. The van der Waals surface area contributed by atoms with Crippen molar-refractivity contribution in [2.24, 2.45) is 11.7 Å². The zero-order valence-corrected chi connectivity index (χ0v) is 12.8. The number of hydrogen-bond acceptors (Lipinski definition) is 6. The summed E-state index contributed by atoms with van der Waals surface area (Å²) in [5, 5.41) is 4.26. The summed E-state index contributed by atoms with van der Waals surface area (Å²) in [6.45, 7) is 7.87. The van der Waals surface area contributed by atoms with Crippen LogP contribution < -0.4 is 5.73 Å². The van der Waals surface area contributed by atoms with Gasteiger partial charge in [-0.25, -0.2) is 0 Å². The van der Waals surface area contributed by atoms with Gasteiger partial charge in [-0.3, -0.25) is 9.80 Å². The Morgan fingerprint density at radius 2 is 1.90 bits per heavy atom. The van der Waals surface area contributed by atoms with Gasteiger partial charge in [-0.1, -0.05) is 12.1 Å². The van der Waals surface area contributed by atoms with Crippen molar-refractivity contribution < 1.29 is 4.52 Å². The predicted molar refractivity (Wildman–Crippen MR) is 78.5 cm³/mol. The molecule has 4 aliphatic rings. The minimum absolute atomic E-state index is 0.288. The number of rotatable bonds is 2. The van der Waals surface area contributed by atoms with Gasteiger partial charge in [-0.05, 0) is 31.6 Å². The molecule has 1 atom stereocenters. The van der Waals surface area contributed by atoms with Crippen LogP contribution in [0.5, 0.6) is 0 Å². The fraction of sp³-hybridized carbons (Fsp3) is 0.867. The second-order valence-electron chi connectivity index (χ2n) is 7.15. The van der Waals surface area contributed by atoms with E-state index in [2.05, 4.69) is 21.9 Å². The quantitative estimate of drug-likeness (QED) is 0.880. The lowest BCUT2D eigenvalue weighted by molar-refractivity contribution is 0.00780. The molecule has 2 N–H and O–H groups in total. The number of nitrogens with two attached hydrogens (primary N) is 1. The van der Waals surface area contributed by atoms with E-state index in [-0.39, 0.29) is 6.04 Å². The molecule has 4 fully saturated rings. The highest BCUT2D eigenvalue weighted by Gasteiger charge is 2.40. The molecule has 1 aromatic rings.